The van der Waals surface area contributed by atoms with E-state index < -0.39 is 0 Å². The van der Waals surface area contributed by atoms with E-state index in [0.29, 0.717) is 34.4 Å². The molecule has 4 nitrogen and oxygen atoms in total. The van der Waals surface area contributed by atoms with E-state index in [4.69, 9.17) is 10.5 Å². The van der Waals surface area contributed by atoms with Crippen molar-refractivity contribution >= 4 is 5.82 Å². The first-order valence-electron chi connectivity index (χ1n) is 6.46. The fraction of sp³-hybridized carbons (Fsp3) is 0.333. The van der Waals surface area contributed by atoms with Gasteiger partial charge in [-0.2, -0.15) is 4.98 Å². The van der Waals surface area contributed by atoms with Gasteiger partial charge in [-0.15, -0.1) is 0 Å². The maximum atomic E-state index is 13.2. The predicted octanol–water partition coefficient (Wildman–Crippen LogP) is 3.73. The molecule has 0 atom stereocenters. The lowest BCUT2D eigenvalue weighted by atomic mass is 10.2. The maximum absolute atomic E-state index is 13.2. The summed E-state index contributed by atoms with van der Waals surface area (Å²) in [5.41, 5.74) is 7.07. The molecule has 0 saturated heterocycles. The Morgan fingerprint density at radius 3 is 2.50 bits per heavy atom. The molecule has 0 saturated carbocycles. The summed E-state index contributed by atoms with van der Waals surface area (Å²) in [7, 11) is 0. The van der Waals surface area contributed by atoms with Crippen LogP contribution in [0, 0.1) is 19.7 Å². The zero-order valence-corrected chi connectivity index (χ0v) is 12.1. The van der Waals surface area contributed by atoms with E-state index >= 15 is 0 Å². The number of hydrogen-bond donors (Lipinski definition) is 1. The van der Waals surface area contributed by atoms with Gasteiger partial charge in [0.05, 0.1) is 5.56 Å². The lowest BCUT2D eigenvalue weighted by Crippen LogP contribution is -2.06. The van der Waals surface area contributed by atoms with Gasteiger partial charge in [0.1, 0.15) is 23.2 Å². The number of halogens is 1. The molecule has 0 aliphatic carbocycles. The molecule has 0 spiro atoms. The second kappa shape index (κ2) is 5.45. The van der Waals surface area contributed by atoms with Crippen molar-refractivity contribution in [3.8, 4) is 11.6 Å². The number of anilines is 1. The number of aryl methyl sites for hydroxylation is 1. The molecule has 2 rings (SSSR count). The minimum absolute atomic E-state index is 0.148. The second-order valence-corrected chi connectivity index (χ2v) is 5.06. The highest BCUT2D eigenvalue weighted by molar-refractivity contribution is 5.46. The molecule has 0 amide bonds. The average Bonchev–Trinajstić information content (AvgIpc) is 2.38. The summed E-state index contributed by atoms with van der Waals surface area (Å²) in [4.78, 5) is 8.61. The zero-order valence-electron chi connectivity index (χ0n) is 12.1. The maximum Gasteiger partial charge on any atom is 0.227 e. The molecule has 1 aromatic carbocycles. The van der Waals surface area contributed by atoms with E-state index in [0.717, 1.165) is 0 Å². The van der Waals surface area contributed by atoms with Crippen LogP contribution in [0.1, 0.15) is 36.7 Å². The first-order valence-corrected chi connectivity index (χ1v) is 6.46. The lowest BCUT2D eigenvalue weighted by molar-refractivity contribution is 0.451. The van der Waals surface area contributed by atoms with Crippen molar-refractivity contribution in [2.45, 2.75) is 33.6 Å². The molecular formula is C15H18FN3O. The van der Waals surface area contributed by atoms with Crippen LogP contribution in [0.5, 0.6) is 11.6 Å². The minimum Gasteiger partial charge on any atom is -0.439 e. The fourth-order valence-corrected chi connectivity index (χ4v) is 1.68. The molecule has 106 valence electrons. The summed E-state index contributed by atoms with van der Waals surface area (Å²) in [6, 6.07) is 4.56. The standard InChI is InChI=1S/C15H18FN3O/c1-8(2)14-18-13(17)10(4)15(19-14)20-11-5-6-12(16)9(3)7-11/h5-8H,1-4H3,(H2,17,18,19). The van der Waals surface area contributed by atoms with Gasteiger partial charge in [0.2, 0.25) is 5.88 Å². The molecular weight excluding hydrogens is 257 g/mol. The normalized spacial score (nSPS) is 10.9. The molecule has 5 heteroatoms. The number of hydrogen-bond acceptors (Lipinski definition) is 4. The van der Waals surface area contributed by atoms with Crippen molar-refractivity contribution in [1.29, 1.82) is 0 Å². The van der Waals surface area contributed by atoms with E-state index in [1.54, 1.807) is 26.0 Å². The van der Waals surface area contributed by atoms with E-state index in [-0.39, 0.29) is 11.7 Å². The van der Waals surface area contributed by atoms with Crippen LogP contribution in [0.25, 0.3) is 0 Å². The molecule has 2 N–H and O–H groups in total. The number of nitrogen functional groups attached to an aromatic ring is 1. The van der Waals surface area contributed by atoms with Gasteiger partial charge in [0.15, 0.2) is 0 Å². The summed E-state index contributed by atoms with van der Waals surface area (Å²) >= 11 is 0. The number of nitrogens with zero attached hydrogens (tertiary/aromatic N) is 2. The van der Waals surface area contributed by atoms with E-state index in [9.17, 15) is 4.39 Å². The van der Waals surface area contributed by atoms with Crippen LogP contribution in [0.4, 0.5) is 10.2 Å². The Bertz CT molecular complexity index is 641. The van der Waals surface area contributed by atoms with Crippen LogP contribution in [-0.4, -0.2) is 9.97 Å². The average molecular weight is 275 g/mol. The number of ether oxygens (including phenoxy) is 1. The van der Waals surface area contributed by atoms with Gasteiger partial charge in [0, 0.05) is 5.92 Å². The zero-order chi connectivity index (χ0) is 14.9. The first kappa shape index (κ1) is 14.2. The summed E-state index contributed by atoms with van der Waals surface area (Å²) in [5.74, 6) is 1.85. The third-order valence-electron chi connectivity index (χ3n) is 3.02. The highest BCUT2D eigenvalue weighted by Crippen LogP contribution is 2.28. The fourth-order valence-electron chi connectivity index (χ4n) is 1.68. The lowest BCUT2D eigenvalue weighted by Gasteiger charge is -2.13. The summed E-state index contributed by atoms with van der Waals surface area (Å²) in [6.07, 6.45) is 0. The van der Waals surface area contributed by atoms with Crippen LogP contribution in [-0.2, 0) is 0 Å². The molecule has 0 aliphatic heterocycles. The first-order chi connectivity index (χ1) is 9.38. The molecule has 1 heterocycles. The van der Waals surface area contributed by atoms with Crippen LogP contribution in [0.2, 0.25) is 0 Å². The van der Waals surface area contributed by atoms with Crippen LogP contribution in [0.15, 0.2) is 18.2 Å². The van der Waals surface area contributed by atoms with Gasteiger partial charge in [-0.1, -0.05) is 13.8 Å². The minimum atomic E-state index is -0.265. The van der Waals surface area contributed by atoms with Gasteiger partial charge in [0.25, 0.3) is 0 Å². The van der Waals surface area contributed by atoms with Gasteiger partial charge >= 0.3 is 0 Å². The molecule has 1 aromatic heterocycles. The van der Waals surface area contributed by atoms with Gasteiger partial charge in [-0.3, -0.25) is 0 Å². The molecule has 20 heavy (non-hydrogen) atoms. The highest BCUT2D eigenvalue weighted by atomic mass is 19.1. The monoisotopic (exact) mass is 275 g/mol. The van der Waals surface area contributed by atoms with E-state index in [2.05, 4.69) is 9.97 Å². The smallest absolute Gasteiger partial charge is 0.227 e. The number of rotatable bonds is 3. The van der Waals surface area contributed by atoms with Crippen molar-refractivity contribution in [3.05, 3.63) is 41.0 Å². The van der Waals surface area contributed by atoms with E-state index in [1.165, 1.54) is 6.07 Å². The van der Waals surface area contributed by atoms with E-state index in [1.807, 2.05) is 13.8 Å². The molecule has 0 radical (unpaired) electrons. The second-order valence-electron chi connectivity index (χ2n) is 5.06. The molecule has 2 aromatic rings. The van der Waals surface area contributed by atoms with Crippen molar-refractivity contribution in [2.24, 2.45) is 0 Å². The third-order valence-corrected chi connectivity index (χ3v) is 3.02. The summed E-state index contributed by atoms with van der Waals surface area (Å²) in [5, 5.41) is 0. The Balaban J connectivity index is 2.39. The number of benzene rings is 1. The largest absolute Gasteiger partial charge is 0.439 e. The van der Waals surface area contributed by atoms with Crippen LogP contribution in [0.3, 0.4) is 0 Å². The SMILES string of the molecule is Cc1cc(Oc2nc(C(C)C)nc(N)c2C)ccc1F. The molecule has 0 fully saturated rings. The number of nitrogens with two attached hydrogens (primary N) is 1. The quantitative estimate of drug-likeness (QED) is 0.927. The van der Waals surface area contributed by atoms with Crippen molar-refractivity contribution in [2.75, 3.05) is 5.73 Å². The Labute approximate surface area is 117 Å². The predicted molar refractivity (Wildman–Crippen MR) is 76.5 cm³/mol. The summed E-state index contributed by atoms with van der Waals surface area (Å²) < 4.78 is 19.0. The van der Waals surface area contributed by atoms with Gasteiger partial charge in [-0.25, -0.2) is 9.37 Å². The summed E-state index contributed by atoms with van der Waals surface area (Å²) in [6.45, 7) is 7.44. The van der Waals surface area contributed by atoms with Gasteiger partial charge in [-0.05, 0) is 37.6 Å². The Morgan fingerprint density at radius 2 is 1.90 bits per heavy atom. The van der Waals surface area contributed by atoms with Gasteiger partial charge < -0.3 is 10.5 Å². The Hall–Kier alpha value is -2.17. The van der Waals surface area contributed by atoms with Crippen molar-refractivity contribution in [3.63, 3.8) is 0 Å². The van der Waals surface area contributed by atoms with Crippen LogP contribution >= 0.6 is 0 Å². The Morgan fingerprint density at radius 1 is 1.20 bits per heavy atom. The Kier molecular flexibility index (Phi) is 3.88. The molecule has 0 unspecified atom stereocenters. The van der Waals surface area contributed by atoms with Crippen molar-refractivity contribution in [1.82, 2.24) is 9.97 Å². The third kappa shape index (κ3) is 2.87. The topological polar surface area (TPSA) is 61.0 Å². The molecule has 0 aliphatic rings. The van der Waals surface area contributed by atoms with Crippen molar-refractivity contribution < 1.29 is 9.13 Å². The molecule has 0 bridgehead atoms. The number of aromatic nitrogens is 2. The van der Waals surface area contributed by atoms with Crippen LogP contribution < -0.4 is 10.5 Å². The highest BCUT2D eigenvalue weighted by Gasteiger charge is 2.13.